The zero-order valence-corrected chi connectivity index (χ0v) is 13.6. The average molecular weight is 293 g/mol. The minimum absolute atomic E-state index is 0.216. The molecule has 2 saturated carbocycles. The maximum atomic E-state index is 15.3. The molecule has 1 heterocycles. The summed E-state index contributed by atoms with van der Waals surface area (Å²) in [6.45, 7) is 1.91. The van der Waals surface area contributed by atoms with E-state index in [4.69, 9.17) is 0 Å². The van der Waals surface area contributed by atoms with Gasteiger partial charge in [-0.05, 0) is 62.4 Å². The summed E-state index contributed by atoms with van der Waals surface area (Å²) in [6.07, 6.45) is 16.6. The van der Waals surface area contributed by atoms with Gasteiger partial charge in [0.15, 0.2) is 5.95 Å². The number of piperidine rings is 1. The first kappa shape index (κ1) is 15.4. The van der Waals surface area contributed by atoms with E-state index < -0.39 is 0 Å². The number of nitrogens with zero attached hydrogens (tertiary/aromatic N) is 1. The molecule has 0 bridgehead atoms. The molecule has 1 saturated heterocycles. The van der Waals surface area contributed by atoms with Crippen LogP contribution < -0.4 is 0 Å². The third-order valence-electron chi connectivity index (χ3n) is 5.96. The van der Waals surface area contributed by atoms with Crippen LogP contribution in [0.4, 0.5) is 4.39 Å². The van der Waals surface area contributed by atoms with Crippen LogP contribution in [0.5, 0.6) is 0 Å². The van der Waals surface area contributed by atoms with Crippen molar-refractivity contribution in [3.63, 3.8) is 0 Å². The van der Waals surface area contributed by atoms with E-state index in [-0.39, 0.29) is 5.95 Å². The van der Waals surface area contributed by atoms with Crippen molar-refractivity contribution in [2.24, 2.45) is 11.8 Å². The van der Waals surface area contributed by atoms with Crippen LogP contribution in [0.2, 0.25) is 0 Å². The molecule has 0 unspecified atom stereocenters. The Morgan fingerprint density at radius 3 is 1.52 bits per heavy atom. The van der Waals surface area contributed by atoms with Crippen LogP contribution in [0.15, 0.2) is 11.5 Å². The van der Waals surface area contributed by atoms with Gasteiger partial charge >= 0.3 is 0 Å². The van der Waals surface area contributed by atoms with Crippen molar-refractivity contribution < 1.29 is 4.39 Å². The molecule has 0 aromatic carbocycles. The lowest BCUT2D eigenvalue weighted by atomic mass is 9.73. The van der Waals surface area contributed by atoms with Crippen LogP contribution in [0.1, 0.15) is 83.5 Å². The zero-order chi connectivity index (χ0) is 14.5. The Labute approximate surface area is 130 Å². The summed E-state index contributed by atoms with van der Waals surface area (Å²) in [5, 5.41) is 0. The molecular formula is C19H32FN. The van der Waals surface area contributed by atoms with Gasteiger partial charge in [-0.1, -0.05) is 38.5 Å². The van der Waals surface area contributed by atoms with Gasteiger partial charge in [0.1, 0.15) is 0 Å². The van der Waals surface area contributed by atoms with Gasteiger partial charge in [0.2, 0.25) is 0 Å². The van der Waals surface area contributed by atoms with E-state index in [1.165, 1.54) is 89.0 Å². The molecule has 0 radical (unpaired) electrons. The van der Waals surface area contributed by atoms with Gasteiger partial charge in [-0.25, -0.2) is 0 Å². The van der Waals surface area contributed by atoms with Crippen molar-refractivity contribution in [3.8, 4) is 0 Å². The van der Waals surface area contributed by atoms with E-state index in [0.29, 0.717) is 11.8 Å². The molecule has 120 valence electrons. The fourth-order valence-corrected chi connectivity index (χ4v) is 4.77. The Bertz CT molecular complexity index is 325. The van der Waals surface area contributed by atoms with Gasteiger partial charge in [-0.2, -0.15) is 4.39 Å². The topological polar surface area (TPSA) is 3.24 Å². The second-order valence-corrected chi connectivity index (χ2v) is 7.46. The van der Waals surface area contributed by atoms with E-state index in [1.807, 2.05) is 0 Å². The van der Waals surface area contributed by atoms with Gasteiger partial charge in [-0.3, -0.25) is 0 Å². The SMILES string of the molecule is FC(=C(C1CCCCC1)C1CCCCC1)N1CCCCC1. The van der Waals surface area contributed by atoms with E-state index >= 15 is 4.39 Å². The Morgan fingerprint density at radius 2 is 1.05 bits per heavy atom. The van der Waals surface area contributed by atoms with Crippen LogP contribution in [-0.4, -0.2) is 18.0 Å². The number of hydrogen-bond acceptors (Lipinski definition) is 1. The molecule has 0 N–H and O–H groups in total. The molecule has 21 heavy (non-hydrogen) atoms. The highest BCUT2D eigenvalue weighted by Crippen LogP contribution is 2.42. The smallest absolute Gasteiger partial charge is 0.189 e. The molecule has 2 heteroatoms. The predicted octanol–water partition coefficient (Wildman–Crippen LogP) is 5.81. The fraction of sp³-hybridized carbons (Fsp3) is 0.895. The van der Waals surface area contributed by atoms with Gasteiger partial charge in [0.05, 0.1) is 0 Å². The zero-order valence-electron chi connectivity index (χ0n) is 13.6. The number of hydrogen-bond donors (Lipinski definition) is 0. The van der Waals surface area contributed by atoms with Gasteiger partial charge in [0, 0.05) is 13.1 Å². The second kappa shape index (κ2) is 7.65. The van der Waals surface area contributed by atoms with E-state index in [9.17, 15) is 0 Å². The van der Waals surface area contributed by atoms with Gasteiger partial charge in [-0.15, -0.1) is 0 Å². The summed E-state index contributed by atoms with van der Waals surface area (Å²) in [4.78, 5) is 2.09. The minimum atomic E-state index is 0.216. The Kier molecular flexibility index (Phi) is 5.60. The number of halogens is 1. The molecule has 0 aromatic heterocycles. The standard InChI is InChI=1S/C19H32FN/c20-19(21-14-8-3-9-15-21)18(16-10-4-1-5-11-16)17-12-6-2-7-13-17/h16-17H,1-15H2. The van der Waals surface area contributed by atoms with E-state index in [2.05, 4.69) is 4.90 Å². The van der Waals surface area contributed by atoms with Crippen molar-refractivity contribution in [1.29, 1.82) is 0 Å². The summed E-state index contributed by atoms with van der Waals surface area (Å²) >= 11 is 0. The van der Waals surface area contributed by atoms with Gasteiger partial charge < -0.3 is 4.90 Å². The van der Waals surface area contributed by atoms with Crippen LogP contribution in [0.3, 0.4) is 0 Å². The quantitative estimate of drug-likeness (QED) is 0.593. The Balaban J connectivity index is 1.81. The molecule has 1 aliphatic heterocycles. The summed E-state index contributed by atoms with van der Waals surface area (Å²) in [7, 11) is 0. The third-order valence-corrected chi connectivity index (χ3v) is 5.96. The molecule has 0 aromatic rings. The largest absolute Gasteiger partial charge is 0.349 e. The highest BCUT2D eigenvalue weighted by molar-refractivity contribution is 5.17. The van der Waals surface area contributed by atoms with Crippen molar-refractivity contribution in [3.05, 3.63) is 11.5 Å². The van der Waals surface area contributed by atoms with E-state index in [0.717, 1.165) is 13.1 Å². The van der Waals surface area contributed by atoms with Crippen molar-refractivity contribution in [2.75, 3.05) is 13.1 Å². The van der Waals surface area contributed by atoms with Crippen LogP contribution in [0.25, 0.3) is 0 Å². The summed E-state index contributed by atoms with van der Waals surface area (Å²) in [5.74, 6) is 1.33. The molecule has 3 rings (SSSR count). The Hall–Kier alpha value is -0.530. The van der Waals surface area contributed by atoms with Crippen LogP contribution in [0, 0.1) is 11.8 Å². The summed E-state index contributed by atoms with van der Waals surface area (Å²) in [5.41, 5.74) is 1.26. The molecule has 3 aliphatic rings. The highest BCUT2D eigenvalue weighted by atomic mass is 19.1. The van der Waals surface area contributed by atoms with Crippen molar-refractivity contribution >= 4 is 0 Å². The number of allylic oxidation sites excluding steroid dienone is 1. The Morgan fingerprint density at radius 1 is 0.619 bits per heavy atom. The number of rotatable bonds is 3. The highest BCUT2D eigenvalue weighted by Gasteiger charge is 2.31. The fourth-order valence-electron chi connectivity index (χ4n) is 4.77. The molecule has 0 atom stereocenters. The lowest BCUT2D eigenvalue weighted by Crippen LogP contribution is -2.31. The second-order valence-electron chi connectivity index (χ2n) is 7.46. The normalized spacial score (nSPS) is 25.9. The molecule has 1 nitrogen and oxygen atoms in total. The summed E-state index contributed by atoms with van der Waals surface area (Å²) in [6, 6.07) is 0. The molecular weight excluding hydrogens is 261 g/mol. The lowest BCUT2D eigenvalue weighted by Gasteiger charge is -2.36. The third kappa shape index (κ3) is 3.81. The maximum absolute atomic E-state index is 15.3. The monoisotopic (exact) mass is 293 g/mol. The van der Waals surface area contributed by atoms with E-state index in [1.54, 1.807) is 0 Å². The van der Waals surface area contributed by atoms with Crippen LogP contribution >= 0.6 is 0 Å². The first-order chi connectivity index (χ1) is 10.4. The van der Waals surface area contributed by atoms with Crippen molar-refractivity contribution in [1.82, 2.24) is 4.90 Å². The first-order valence-corrected chi connectivity index (χ1v) is 9.51. The maximum Gasteiger partial charge on any atom is 0.189 e. The average Bonchev–Trinajstić information content (AvgIpc) is 2.58. The van der Waals surface area contributed by atoms with Crippen molar-refractivity contribution in [2.45, 2.75) is 83.5 Å². The molecule has 0 amide bonds. The molecule has 0 spiro atoms. The minimum Gasteiger partial charge on any atom is -0.349 e. The van der Waals surface area contributed by atoms with Gasteiger partial charge in [0.25, 0.3) is 0 Å². The number of likely N-dealkylation sites (tertiary alicyclic amines) is 1. The molecule has 3 fully saturated rings. The predicted molar refractivity (Wildman–Crippen MR) is 86.7 cm³/mol. The first-order valence-electron chi connectivity index (χ1n) is 9.51. The lowest BCUT2D eigenvalue weighted by molar-refractivity contribution is 0.205. The molecule has 2 aliphatic carbocycles. The summed E-state index contributed by atoms with van der Waals surface area (Å²) < 4.78 is 15.3. The van der Waals surface area contributed by atoms with Crippen LogP contribution in [-0.2, 0) is 0 Å².